The molecule has 0 saturated carbocycles. The van der Waals surface area contributed by atoms with Gasteiger partial charge in [0.05, 0.1) is 6.42 Å². The molecule has 0 atom stereocenters. The van der Waals surface area contributed by atoms with E-state index in [0.29, 0.717) is 12.8 Å². The Morgan fingerprint density at radius 3 is 2.88 bits per heavy atom. The van der Waals surface area contributed by atoms with E-state index in [4.69, 9.17) is 4.98 Å². The maximum absolute atomic E-state index is 11.5. The molecule has 26 heavy (non-hydrogen) atoms. The normalized spacial score (nSPS) is 13.0. The van der Waals surface area contributed by atoms with Gasteiger partial charge in [-0.2, -0.15) is 5.10 Å². The van der Waals surface area contributed by atoms with E-state index in [0.717, 1.165) is 39.5 Å². The molecule has 0 aliphatic carbocycles. The van der Waals surface area contributed by atoms with Crippen LogP contribution in [0.2, 0.25) is 0 Å². The number of amides is 1. The fourth-order valence-corrected chi connectivity index (χ4v) is 3.31. The number of benzene rings is 2. The van der Waals surface area contributed by atoms with Crippen LogP contribution in [0.1, 0.15) is 17.0 Å². The van der Waals surface area contributed by atoms with Crippen LogP contribution in [-0.4, -0.2) is 25.5 Å². The molecular formula is C20H15N5O. The molecule has 0 saturated heterocycles. The molecule has 0 bridgehead atoms. The number of nitrogens with one attached hydrogen (secondary N) is 1. The summed E-state index contributed by atoms with van der Waals surface area (Å²) in [6.07, 6.45) is 4.59. The molecule has 1 N–H and O–H groups in total. The Bertz CT molecular complexity index is 1130. The molecular weight excluding hydrogens is 326 g/mol. The van der Waals surface area contributed by atoms with Gasteiger partial charge in [-0.3, -0.25) is 9.78 Å². The minimum absolute atomic E-state index is 0.0431. The summed E-state index contributed by atoms with van der Waals surface area (Å²) in [5.41, 5.74) is 5.59. The Morgan fingerprint density at radius 1 is 1.12 bits per heavy atom. The second kappa shape index (κ2) is 5.77. The van der Waals surface area contributed by atoms with Crippen molar-refractivity contribution in [2.24, 2.45) is 0 Å². The summed E-state index contributed by atoms with van der Waals surface area (Å²) < 4.78 is 1.77. The van der Waals surface area contributed by atoms with Gasteiger partial charge in [0.1, 0.15) is 5.69 Å². The quantitative estimate of drug-likeness (QED) is 0.622. The number of carbonyl (C=O) groups is 1. The van der Waals surface area contributed by atoms with Crippen LogP contribution in [0.25, 0.3) is 16.9 Å². The van der Waals surface area contributed by atoms with E-state index in [-0.39, 0.29) is 5.91 Å². The van der Waals surface area contributed by atoms with Crippen molar-refractivity contribution in [3.05, 3.63) is 77.9 Å². The van der Waals surface area contributed by atoms with E-state index >= 15 is 0 Å². The second-order valence-electron chi connectivity index (χ2n) is 6.33. The first kappa shape index (κ1) is 14.8. The largest absolute Gasteiger partial charge is 0.326 e. The van der Waals surface area contributed by atoms with Gasteiger partial charge < -0.3 is 5.32 Å². The van der Waals surface area contributed by atoms with Crippen LogP contribution in [0.4, 0.5) is 5.69 Å². The van der Waals surface area contributed by atoms with Crippen LogP contribution in [0.3, 0.4) is 0 Å². The lowest BCUT2D eigenvalue weighted by Gasteiger charge is -2.01. The molecule has 126 valence electrons. The SMILES string of the molecule is O=C1Cc2cc(Cc3nc4c(-c5ccccc5)nccn4n3)ccc2N1. The molecule has 6 heteroatoms. The van der Waals surface area contributed by atoms with E-state index in [1.165, 1.54) is 0 Å². The van der Waals surface area contributed by atoms with E-state index in [2.05, 4.69) is 21.5 Å². The number of anilines is 1. The summed E-state index contributed by atoms with van der Waals surface area (Å²) in [6, 6.07) is 16.0. The first-order chi connectivity index (χ1) is 12.8. The first-order valence-electron chi connectivity index (χ1n) is 8.43. The minimum Gasteiger partial charge on any atom is -0.326 e. The Hall–Kier alpha value is -3.54. The number of nitrogens with zero attached hydrogens (tertiary/aromatic N) is 4. The van der Waals surface area contributed by atoms with E-state index in [1.54, 1.807) is 10.7 Å². The molecule has 0 spiro atoms. The van der Waals surface area contributed by atoms with Crippen molar-refractivity contribution >= 4 is 17.2 Å². The van der Waals surface area contributed by atoms with Crippen molar-refractivity contribution in [2.75, 3.05) is 5.32 Å². The van der Waals surface area contributed by atoms with Gasteiger partial charge in [-0.1, -0.05) is 42.5 Å². The third kappa shape index (κ3) is 2.52. The van der Waals surface area contributed by atoms with Crippen LogP contribution in [0.5, 0.6) is 0 Å². The number of hydrogen-bond acceptors (Lipinski definition) is 4. The van der Waals surface area contributed by atoms with Crippen molar-refractivity contribution < 1.29 is 4.79 Å². The van der Waals surface area contributed by atoms with Crippen LogP contribution in [0, 0.1) is 0 Å². The second-order valence-corrected chi connectivity index (χ2v) is 6.33. The van der Waals surface area contributed by atoms with Crippen molar-refractivity contribution in [3.63, 3.8) is 0 Å². The number of aromatic nitrogens is 4. The van der Waals surface area contributed by atoms with Crippen LogP contribution in [-0.2, 0) is 17.6 Å². The predicted octanol–water partition coefficient (Wildman–Crippen LogP) is 2.88. The summed E-state index contributed by atoms with van der Waals surface area (Å²) in [5, 5.41) is 7.44. The summed E-state index contributed by atoms with van der Waals surface area (Å²) in [5.74, 6) is 0.772. The summed E-state index contributed by atoms with van der Waals surface area (Å²) in [4.78, 5) is 20.7. The van der Waals surface area contributed by atoms with Gasteiger partial charge >= 0.3 is 0 Å². The molecule has 4 aromatic rings. The standard InChI is InChI=1S/C20H15N5O/c26-18-12-15-10-13(6-7-16(15)22-18)11-17-23-20-19(14-4-2-1-3-5-14)21-8-9-25(20)24-17/h1-10H,11-12H2,(H,22,26). The molecule has 3 heterocycles. The minimum atomic E-state index is 0.0431. The third-order valence-electron chi connectivity index (χ3n) is 4.50. The highest BCUT2D eigenvalue weighted by Gasteiger charge is 2.18. The van der Waals surface area contributed by atoms with Crippen molar-refractivity contribution in [3.8, 4) is 11.3 Å². The lowest BCUT2D eigenvalue weighted by Crippen LogP contribution is -2.03. The summed E-state index contributed by atoms with van der Waals surface area (Å²) >= 11 is 0. The average Bonchev–Trinajstić information content (AvgIpc) is 3.23. The van der Waals surface area contributed by atoms with Gasteiger partial charge in [0, 0.05) is 30.1 Å². The monoisotopic (exact) mass is 341 g/mol. The number of hydrogen-bond donors (Lipinski definition) is 1. The van der Waals surface area contributed by atoms with Crippen molar-refractivity contribution in [2.45, 2.75) is 12.8 Å². The Morgan fingerprint density at radius 2 is 2.00 bits per heavy atom. The predicted molar refractivity (Wildman–Crippen MR) is 97.8 cm³/mol. The number of rotatable bonds is 3. The molecule has 0 unspecified atom stereocenters. The van der Waals surface area contributed by atoms with Gasteiger partial charge in [0.25, 0.3) is 0 Å². The maximum Gasteiger partial charge on any atom is 0.228 e. The maximum atomic E-state index is 11.5. The Balaban J connectivity index is 1.51. The molecule has 6 nitrogen and oxygen atoms in total. The highest BCUT2D eigenvalue weighted by atomic mass is 16.1. The molecule has 0 fully saturated rings. The molecule has 2 aromatic carbocycles. The van der Waals surface area contributed by atoms with E-state index in [1.807, 2.05) is 48.7 Å². The summed E-state index contributed by atoms with van der Waals surface area (Å²) in [6.45, 7) is 0. The fraction of sp³-hybridized carbons (Fsp3) is 0.100. The van der Waals surface area contributed by atoms with Gasteiger partial charge in [-0.15, -0.1) is 0 Å². The van der Waals surface area contributed by atoms with E-state index < -0.39 is 0 Å². The molecule has 1 aliphatic rings. The third-order valence-corrected chi connectivity index (χ3v) is 4.50. The zero-order valence-electron chi connectivity index (χ0n) is 13.9. The molecule has 2 aromatic heterocycles. The lowest BCUT2D eigenvalue weighted by atomic mass is 10.1. The smallest absolute Gasteiger partial charge is 0.228 e. The van der Waals surface area contributed by atoms with Crippen molar-refractivity contribution in [1.29, 1.82) is 0 Å². The van der Waals surface area contributed by atoms with Gasteiger partial charge in [-0.05, 0) is 17.2 Å². The first-order valence-corrected chi connectivity index (χ1v) is 8.43. The highest BCUT2D eigenvalue weighted by molar-refractivity contribution is 5.99. The Labute approximate surface area is 149 Å². The topological polar surface area (TPSA) is 72.2 Å². The Kier molecular flexibility index (Phi) is 3.28. The highest BCUT2D eigenvalue weighted by Crippen LogP contribution is 2.25. The number of fused-ring (bicyclic) bond motifs is 2. The molecule has 1 amide bonds. The molecule has 1 aliphatic heterocycles. The fourth-order valence-electron chi connectivity index (χ4n) is 3.31. The lowest BCUT2D eigenvalue weighted by molar-refractivity contribution is -0.115. The number of carbonyl (C=O) groups excluding carboxylic acids is 1. The average molecular weight is 341 g/mol. The van der Waals surface area contributed by atoms with Gasteiger partial charge in [0.2, 0.25) is 5.91 Å². The van der Waals surface area contributed by atoms with Gasteiger partial charge in [0.15, 0.2) is 11.5 Å². The van der Waals surface area contributed by atoms with Crippen LogP contribution >= 0.6 is 0 Å². The van der Waals surface area contributed by atoms with Gasteiger partial charge in [-0.25, -0.2) is 9.50 Å². The summed E-state index contributed by atoms with van der Waals surface area (Å²) in [7, 11) is 0. The molecule has 0 radical (unpaired) electrons. The van der Waals surface area contributed by atoms with E-state index in [9.17, 15) is 4.79 Å². The van der Waals surface area contributed by atoms with Crippen molar-refractivity contribution in [1.82, 2.24) is 19.6 Å². The zero-order valence-corrected chi connectivity index (χ0v) is 13.9. The zero-order chi connectivity index (χ0) is 17.5. The molecule has 5 rings (SSSR count). The van der Waals surface area contributed by atoms with Crippen LogP contribution in [0.15, 0.2) is 60.9 Å². The van der Waals surface area contributed by atoms with Crippen LogP contribution < -0.4 is 5.32 Å².